The van der Waals surface area contributed by atoms with Gasteiger partial charge in [-0.05, 0) is 65.5 Å². The summed E-state index contributed by atoms with van der Waals surface area (Å²) in [5.74, 6) is -0.605. The summed E-state index contributed by atoms with van der Waals surface area (Å²) in [6.07, 6.45) is 5.65. The maximum Gasteiger partial charge on any atom is 0.326 e. The van der Waals surface area contributed by atoms with Crippen LogP contribution in [0, 0.1) is 5.82 Å². The van der Waals surface area contributed by atoms with Crippen LogP contribution >= 0.6 is 11.8 Å². The fourth-order valence-corrected chi connectivity index (χ4v) is 4.66. The minimum atomic E-state index is -1.06. The number of aliphatic carboxylic acids is 1. The van der Waals surface area contributed by atoms with Gasteiger partial charge in [-0.2, -0.15) is 11.8 Å². The van der Waals surface area contributed by atoms with Gasteiger partial charge in [0.05, 0.1) is 5.92 Å². The molecule has 38 heavy (non-hydrogen) atoms. The molecular weight excluding hydrogens is 503 g/mol. The third-order valence-corrected chi connectivity index (χ3v) is 6.84. The largest absolute Gasteiger partial charge is 0.480 e. The van der Waals surface area contributed by atoms with Gasteiger partial charge in [-0.15, -0.1) is 0 Å². The lowest BCUT2D eigenvalue weighted by Crippen LogP contribution is -2.41. The molecule has 0 spiro atoms. The van der Waals surface area contributed by atoms with Gasteiger partial charge >= 0.3 is 5.97 Å². The Morgan fingerprint density at radius 3 is 2.50 bits per heavy atom. The van der Waals surface area contributed by atoms with Crippen LogP contribution in [-0.4, -0.2) is 51.5 Å². The van der Waals surface area contributed by atoms with Crippen LogP contribution in [0.1, 0.15) is 34.1 Å². The maximum absolute atomic E-state index is 13.5. The van der Waals surface area contributed by atoms with Gasteiger partial charge in [0.1, 0.15) is 17.7 Å². The zero-order valence-electron chi connectivity index (χ0n) is 20.9. The van der Waals surface area contributed by atoms with Crippen LogP contribution in [0.4, 0.5) is 10.1 Å². The van der Waals surface area contributed by atoms with E-state index >= 15 is 0 Å². The fourth-order valence-electron chi connectivity index (χ4n) is 4.19. The van der Waals surface area contributed by atoms with E-state index in [9.17, 15) is 19.1 Å². The first kappa shape index (κ1) is 26.9. The second-order valence-electron chi connectivity index (χ2n) is 8.73. The Balaban J connectivity index is 1.61. The molecule has 7 nitrogen and oxygen atoms in total. The number of amides is 1. The predicted molar refractivity (Wildman–Crippen MR) is 149 cm³/mol. The Kier molecular flexibility index (Phi) is 9.16. The molecule has 0 saturated heterocycles. The van der Waals surface area contributed by atoms with Crippen molar-refractivity contribution in [2.24, 2.45) is 0 Å². The number of anilines is 1. The minimum Gasteiger partial charge on any atom is -0.480 e. The Morgan fingerprint density at radius 1 is 1.08 bits per heavy atom. The van der Waals surface area contributed by atoms with Crippen LogP contribution < -0.4 is 10.6 Å². The molecule has 0 aliphatic rings. The molecule has 1 unspecified atom stereocenters. The summed E-state index contributed by atoms with van der Waals surface area (Å²) in [6, 6.07) is 20.2. The van der Waals surface area contributed by atoms with Crippen molar-refractivity contribution in [2.45, 2.75) is 18.4 Å². The molecule has 1 amide bonds. The SMILES string of the molecule is CSCC[C@H](NC(=O)c1ccc(NCC(c2ccc(F)cc2)c2ncc[nH]2)cc1-c1ccccc1)C(=O)O. The molecule has 3 aromatic carbocycles. The standard InChI is InChI=1S/C29H29FN4O3S/c1-38-16-13-26(29(36)37)34-28(35)23-12-11-22(17-24(23)19-5-3-2-4-6-19)33-18-25(27-31-14-15-32-27)20-7-9-21(30)10-8-20/h2-12,14-15,17,25-26,33H,13,16,18H2,1H3,(H,31,32)(H,34,35)(H,36,37)/t25?,26-/m0/s1. The monoisotopic (exact) mass is 532 g/mol. The van der Waals surface area contributed by atoms with Crippen molar-refractivity contribution in [1.29, 1.82) is 0 Å². The number of nitrogens with one attached hydrogen (secondary N) is 3. The number of carboxylic acid groups (broad SMARTS) is 1. The van der Waals surface area contributed by atoms with Crippen molar-refractivity contribution in [1.82, 2.24) is 15.3 Å². The van der Waals surface area contributed by atoms with E-state index in [1.807, 2.05) is 42.7 Å². The van der Waals surface area contributed by atoms with Gasteiger partial charge in [0.15, 0.2) is 0 Å². The number of aromatic amines is 1. The van der Waals surface area contributed by atoms with Crippen LogP contribution in [0.25, 0.3) is 11.1 Å². The zero-order valence-corrected chi connectivity index (χ0v) is 21.7. The third kappa shape index (κ3) is 6.80. The van der Waals surface area contributed by atoms with Gasteiger partial charge < -0.3 is 20.7 Å². The van der Waals surface area contributed by atoms with Crippen molar-refractivity contribution in [3.05, 3.63) is 108 Å². The van der Waals surface area contributed by atoms with Gasteiger partial charge in [-0.25, -0.2) is 14.2 Å². The first-order valence-electron chi connectivity index (χ1n) is 12.2. The molecule has 9 heteroatoms. The highest BCUT2D eigenvalue weighted by molar-refractivity contribution is 7.98. The summed E-state index contributed by atoms with van der Waals surface area (Å²) in [7, 11) is 0. The number of thioether (sulfide) groups is 1. The normalized spacial score (nSPS) is 12.5. The molecule has 4 rings (SSSR count). The van der Waals surface area contributed by atoms with E-state index in [4.69, 9.17) is 0 Å². The summed E-state index contributed by atoms with van der Waals surface area (Å²) < 4.78 is 13.5. The van der Waals surface area contributed by atoms with E-state index in [-0.39, 0.29) is 11.7 Å². The van der Waals surface area contributed by atoms with E-state index in [1.54, 1.807) is 36.7 Å². The third-order valence-electron chi connectivity index (χ3n) is 6.20. The van der Waals surface area contributed by atoms with E-state index in [1.165, 1.54) is 23.9 Å². The van der Waals surface area contributed by atoms with Crippen molar-refractivity contribution in [3.8, 4) is 11.1 Å². The van der Waals surface area contributed by atoms with Gasteiger partial charge in [-0.3, -0.25) is 4.79 Å². The van der Waals surface area contributed by atoms with Gasteiger partial charge in [0, 0.05) is 30.2 Å². The average molecular weight is 533 g/mol. The second kappa shape index (κ2) is 12.9. The summed E-state index contributed by atoms with van der Waals surface area (Å²) in [5.41, 5.74) is 3.57. The predicted octanol–water partition coefficient (Wildman–Crippen LogP) is 5.40. The Labute approximate surface area is 224 Å². The molecular formula is C29H29FN4O3S. The van der Waals surface area contributed by atoms with E-state index in [0.717, 1.165) is 22.6 Å². The van der Waals surface area contributed by atoms with Gasteiger partial charge in [0.2, 0.25) is 0 Å². The number of rotatable bonds is 12. The Morgan fingerprint density at radius 2 is 1.84 bits per heavy atom. The maximum atomic E-state index is 13.5. The van der Waals surface area contributed by atoms with Crippen LogP contribution in [0.15, 0.2) is 85.2 Å². The quantitative estimate of drug-likeness (QED) is 0.195. The molecule has 0 aliphatic carbocycles. The molecule has 0 fully saturated rings. The van der Waals surface area contributed by atoms with Crippen LogP contribution in [0.5, 0.6) is 0 Å². The highest BCUT2D eigenvalue weighted by Gasteiger charge is 2.23. The lowest BCUT2D eigenvalue weighted by atomic mass is 9.96. The van der Waals surface area contributed by atoms with E-state index in [2.05, 4.69) is 20.6 Å². The highest BCUT2D eigenvalue weighted by Crippen LogP contribution is 2.29. The van der Waals surface area contributed by atoms with E-state index < -0.39 is 17.9 Å². The molecule has 196 valence electrons. The number of carbonyl (C=O) groups is 2. The first-order valence-corrected chi connectivity index (χ1v) is 13.6. The lowest BCUT2D eigenvalue weighted by Gasteiger charge is -2.19. The average Bonchev–Trinajstić information content (AvgIpc) is 3.47. The molecule has 0 bridgehead atoms. The van der Waals surface area contributed by atoms with Crippen molar-refractivity contribution in [2.75, 3.05) is 23.9 Å². The van der Waals surface area contributed by atoms with Crippen LogP contribution in [0.2, 0.25) is 0 Å². The molecule has 0 radical (unpaired) electrons. The van der Waals surface area contributed by atoms with Crippen LogP contribution in [0.3, 0.4) is 0 Å². The Hall–Kier alpha value is -4.11. The number of hydrogen-bond acceptors (Lipinski definition) is 5. The van der Waals surface area contributed by atoms with Crippen LogP contribution in [-0.2, 0) is 4.79 Å². The topological polar surface area (TPSA) is 107 Å². The van der Waals surface area contributed by atoms with E-state index in [0.29, 0.717) is 29.8 Å². The summed E-state index contributed by atoms with van der Waals surface area (Å²) in [4.78, 5) is 32.5. The molecule has 0 aliphatic heterocycles. The number of H-pyrrole nitrogens is 1. The number of aromatic nitrogens is 2. The minimum absolute atomic E-state index is 0.165. The number of imidazole rings is 1. The van der Waals surface area contributed by atoms with Gasteiger partial charge in [-0.1, -0.05) is 42.5 Å². The molecule has 4 N–H and O–H groups in total. The highest BCUT2D eigenvalue weighted by atomic mass is 32.2. The summed E-state index contributed by atoms with van der Waals surface area (Å²) in [5, 5.41) is 15.7. The Bertz CT molecular complexity index is 1350. The number of nitrogens with zero attached hydrogens (tertiary/aromatic N) is 1. The number of halogens is 1. The van der Waals surface area contributed by atoms with Crippen molar-refractivity contribution >= 4 is 29.3 Å². The number of hydrogen-bond donors (Lipinski definition) is 4. The smallest absolute Gasteiger partial charge is 0.326 e. The number of carbonyl (C=O) groups excluding carboxylic acids is 1. The molecule has 1 aromatic heterocycles. The fraction of sp³-hybridized carbons (Fsp3) is 0.207. The number of benzene rings is 3. The molecule has 0 saturated carbocycles. The summed E-state index contributed by atoms with van der Waals surface area (Å²) >= 11 is 1.53. The first-order chi connectivity index (χ1) is 18.5. The summed E-state index contributed by atoms with van der Waals surface area (Å²) in [6.45, 7) is 0.467. The second-order valence-corrected chi connectivity index (χ2v) is 9.72. The van der Waals surface area contributed by atoms with Crippen molar-refractivity contribution in [3.63, 3.8) is 0 Å². The zero-order chi connectivity index (χ0) is 26.9. The molecule has 4 aromatic rings. The lowest BCUT2D eigenvalue weighted by molar-refractivity contribution is -0.139. The van der Waals surface area contributed by atoms with Crippen molar-refractivity contribution < 1.29 is 19.1 Å². The molecule has 2 atom stereocenters. The van der Waals surface area contributed by atoms with Gasteiger partial charge in [0.25, 0.3) is 5.91 Å². The number of carboxylic acids is 1. The molecule has 1 heterocycles.